The van der Waals surface area contributed by atoms with Gasteiger partial charge in [0.25, 0.3) is 0 Å². The standard InChI is InChI=1S/C39H66N2O5/c1-10-28(3)32(7)37-34(44-37)26-39(8,9)20-14-15-30(5)36-31(6)18-19-33(29(4)17-16-27(2)25-35(42)46-36)45-38(43)40-21-24-41-22-12-11-13-23-41/h14-15,18-20,27-29,31-34,36-37H,10-13,16-17,21-26H2,1-9H3,(H,40,43)/b19-18+,20-14+,30-15+. The third-order valence-electron chi connectivity index (χ3n) is 10.7. The molecule has 3 rings (SSSR count). The van der Waals surface area contributed by atoms with E-state index in [1.807, 2.05) is 13.0 Å². The van der Waals surface area contributed by atoms with Crippen LogP contribution in [0, 0.1) is 35.0 Å². The van der Waals surface area contributed by atoms with Gasteiger partial charge < -0.3 is 24.4 Å². The second-order valence-corrected chi connectivity index (χ2v) is 15.6. The number of carbonyl (C=O) groups excluding carboxylic acids is 2. The lowest BCUT2D eigenvalue weighted by atomic mass is 9.83. The summed E-state index contributed by atoms with van der Waals surface area (Å²) in [6, 6.07) is 0. The van der Waals surface area contributed by atoms with Crippen LogP contribution in [0.5, 0.6) is 0 Å². The quantitative estimate of drug-likeness (QED) is 0.0995. The highest BCUT2D eigenvalue weighted by Gasteiger charge is 2.46. The third-order valence-corrected chi connectivity index (χ3v) is 10.7. The van der Waals surface area contributed by atoms with E-state index >= 15 is 0 Å². The van der Waals surface area contributed by atoms with Crippen LogP contribution in [0.15, 0.2) is 36.0 Å². The zero-order valence-electron chi connectivity index (χ0n) is 30.6. The van der Waals surface area contributed by atoms with E-state index in [-0.39, 0.29) is 41.3 Å². The molecule has 7 heteroatoms. The number of piperidine rings is 1. The van der Waals surface area contributed by atoms with Crippen LogP contribution in [0.3, 0.4) is 0 Å². The Labute approximate surface area is 280 Å². The molecule has 3 heterocycles. The van der Waals surface area contributed by atoms with Gasteiger partial charge in [0.2, 0.25) is 0 Å². The summed E-state index contributed by atoms with van der Waals surface area (Å²) in [7, 11) is 0. The number of alkyl carbamates (subject to hydrolysis) is 1. The number of cyclic esters (lactones) is 1. The number of likely N-dealkylation sites (tertiary alicyclic amines) is 1. The Morgan fingerprint density at radius 1 is 1.13 bits per heavy atom. The molecule has 0 aliphatic carbocycles. The summed E-state index contributed by atoms with van der Waals surface area (Å²) in [4.78, 5) is 28.2. The first-order valence-electron chi connectivity index (χ1n) is 18.4. The number of nitrogens with one attached hydrogen (secondary N) is 1. The number of carbonyl (C=O) groups is 2. The highest BCUT2D eigenvalue weighted by Crippen LogP contribution is 2.41. The van der Waals surface area contributed by atoms with Crippen molar-refractivity contribution in [2.45, 2.75) is 138 Å². The summed E-state index contributed by atoms with van der Waals surface area (Å²) < 4.78 is 18.2. The number of epoxide rings is 1. The number of hydrogen-bond acceptors (Lipinski definition) is 6. The van der Waals surface area contributed by atoms with Crippen molar-refractivity contribution in [3.63, 3.8) is 0 Å². The van der Waals surface area contributed by atoms with Crippen molar-refractivity contribution in [1.29, 1.82) is 0 Å². The fraction of sp³-hybridized carbons (Fsp3) is 0.795. The molecule has 0 radical (unpaired) electrons. The maximum Gasteiger partial charge on any atom is 0.407 e. The fourth-order valence-electron chi connectivity index (χ4n) is 6.92. The second kappa shape index (κ2) is 18.4. The summed E-state index contributed by atoms with van der Waals surface area (Å²) in [5.74, 6) is 1.34. The zero-order chi connectivity index (χ0) is 33.9. The minimum absolute atomic E-state index is 0.00938. The van der Waals surface area contributed by atoms with Gasteiger partial charge in [0.1, 0.15) is 12.2 Å². The van der Waals surface area contributed by atoms with Crippen LogP contribution in [0.25, 0.3) is 0 Å². The van der Waals surface area contributed by atoms with Crippen molar-refractivity contribution < 1.29 is 23.8 Å². The highest BCUT2D eigenvalue weighted by molar-refractivity contribution is 5.70. The smallest absolute Gasteiger partial charge is 0.407 e. The van der Waals surface area contributed by atoms with Crippen molar-refractivity contribution >= 4 is 12.1 Å². The molecular weight excluding hydrogens is 576 g/mol. The lowest BCUT2D eigenvalue weighted by Gasteiger charge is -2.28. The molecule has 0 aromatic rings. The minimum atomic E-state index is -0.398. The number of allylic oxidation sites excluding steroid dienone is 3. The van der Waals surface area contributed by atoms with Gasteiger partial charge in [0.05, 0.1) is 12.2 Å². The molecule has 3 aliphatic heterocycles. The molecule has 1 amide bonds. The molecule has 1 N–H and O–H groups in total. The molecule has 262 valence electrons. The number of rotatable bonds is 12. The Bertz CT molecular complexity index is 1040. The number of ether oxygens (including phenoxy) is 3. The molecule has 7 nitrogen and oxygen atoms in total. The average Bonchev–Trinajstić information content (AvgIpc) is 3.77. The van der Waals surface area contributed by atoms with E-state index in [1.54, 1.807) is 0 Å². The van der Waals surface area contributed by atoms with Crippen LogP contribution in [0.2, 0.25) is 0 Å². The molecule has 46 heavy (non-hydrogen) atoms. The summed E-state index contributed by atoms with van der Waals surface area (Å²) in [5, 5.41) is 2.97. The molecule has 2 fully saturated rings. The molecule has 9 atom stereocenters. The summed E-state index contributed by atoms with van der Waals surface area (Å²) >= 11 is 0. The van der Waals surface area contributed by atoms with Crippen molar-refractivity contribution in [1.82, 2.24) is 10.2 Å². The van der Waals surface area contributed by atoms with Gasteiger partial charge in [-0.2, -0.15) is 0 Å². The van der Waals surface area contributed by atoms with Gasteiger partial charge in [0, 0.05) is 25.4 Å². The molecule has 3 aliphatic rings. The Hall–Kier alpha value is -2.12. The van der Waals surface area contributed by atoms with Gasteiger partial charge in [-0.25, -0.2) is 4.79 Å². The van der Waals surface area contributed by atoms with Crippen molar-refractivity contribution in [3.8, 4) is 0 Å². The third kappa shape index (κ3) is 12.8. The van der Waals surface area contributed by atoms with E-state index in [4.69, 9.17) is 14.2 Å². The Morgan fingerprint density at radius 3 is 2.54 bits per heavy atom. The summed E-state index contributed by atoms with van der Waals surface area (Å²) in [5.41, 5.74) is 0.985. The zero-order valence-corrected chi connectivity index (χ0v) is 30.6. The van der Waals surface area contributed by atoms with Crippen molar-refractivity contribution in [3.05, 3.63) is 36.0 Å². The first kappa shape index (κ1) is 38.3. The Balaban J connectivity index is 1.64. The maximum absolute atomic E-state index is 13.0. The van der Waals surface area contributed by atoms with Gasteiger partial charge in [-0.3, -0.25) is 4.79 Å². The molecule has 0 bridgehead atoms. The number of nitrogens with zero attached hydrogens (tertiary/aromatic N) is 1. The predicted octanol–water partition coefficient (Wildman–Crippen LogP) is 8.50. The van der Waals surface area contributed by atoms with Gasteiger partial charge in [-0.05, 0) is 92.9 Å². The molecule has 0 aromatic heterocycles. The van der Waals surface area contributed by atoms with E-state index in [2.05, 4.69) is 89.9 Å². The normalized spacial score (nSPS) is 32.5. The first-order chi connectivity index (χ1) is 21.8. The average molecular weight is 643 g/mol. The van der Waals surface area contributed by atoms with Crippen LogP contribution in [-0.2, 0) is 19.0 Å². The second-order valence-electron chi connectivity index (χ2n) is 15.6. The summed E-state index contributed by atoms with van der Waals surface area (Å²) in [6.45, 7) is 23.4. The lowest BCUT2D eigenvalue weighted by molar-refractivity contribution is -0.149. The molecule has 9 unspecified atom stereocenters. The molecular formula is C39H66N2O5. The first-order valence-corrected chi connectivity index (χ1v) is 18.4. The molecule has 2 saturated heterocycles. The topological polar surface area (TPSA) is 80.4 Å². The van der Waals surface area contributed by atoms with Crippen molar-refractivity contribution in [2.75, 3.05) is 26.2 Å². The molecule has 0 spiro atoms. The van der Waals surface area contributed by atoms with Gasteiger partial charge >= 0.3 is 12.1 Å². The van der Waals surface area contributed by atoms with E-state index in [9.17, 15) is 9.59 Å². The fourth-order valence-corrected chi connectivity index (χ4v) is 6.92. The largest absolute Gasteiger partial charge is 0.457 e. The van der Waals surface area contributed by atoms with Crippen LogP contribution >= 0.6 is 0 Å². The predicted molar refractivity (Wildman–Crippen MR) is 188 cm³/mol. The van der Waals surface area contributed by atoms with E-state index in [1.165, 1.54) is 25.7 Å². The number of hydrogen-bond donors (Lipinski definition) is 1. The SMILES string of the molecule is CCC(C)C(C)C1OC1CC(C)(C)/C=C/C=C(\C)C1OC(=O)CC(C)CCC(C)C(OC(=O)NCCN2CCCCC2)/C=C/C1C. The summed E-state index contributed by atoms with van der Waals surface area (Å²) in [6.07, 6.45) is 18.1. The van der Waals surface area contributed by atoms with Crippen LogP contribution in [-0.4, -0.2) is 67.6 Å². The van der Waals surface area contributed by atoms with Gasteiger partial charge in [-0.15, -0.1) is 0 Å². The maximum atomic E-state index is 13.0. The van der Waals surface area contributed by atoms with Gasteiger partial charge in [0.15, 0.2) is 0 Å². The highest BCUT2D eigenvalue weighted by atomic mass is 16.6. The molecule has 0 saturated carbocycles. The lowest BCUT2D eigenvalue weighted by Crippen LogP contribution is -2.39. The Kier molecular flexibility index (Phi) is 15.4. The van der Waals surface area contributed by atoms with Crippen LogP contribution in [0.1, 0.15) is 114 Å². The number of amides is 1. The minimum Gasteiger partial charge on any atom is -0.457 e. The number of esters is 1. The van der Waals surface area contributed by atoms with E-state index in [0.29, 0.717) is 37.0 Å². The Morgan fingerprint density at radius 2 is 1.85 bits per heavy atom. The van der Waals surface area contributed by atoms with E-state index < -0.39 is 6.10 Å². The van der Waals surface area contributed by atoms with Crippen molar-refractivity contribution in [2.24, 2.45) is 35.0 Å². The van der Waals surface area contributed by atoms with Crippen LogP contribution in [0.4, 0.5) is 4.79 Å². The van der Waals surface area contributed by atoms with Crippen LogP contribution < -0.4 is 5.32 Å². The molecule has 0 aromatic carbocycles. The van der Waals surface area contributed by atoms with Gasteiger partial charge in [-0.1, -0.05) is 92.5 Å². The monoisotopic (exact) mass is 642 g/mol. The van der Waals surface area contributed by atoms with E-state index in [0.717, 1.165) is 44.5 Å².